The van der Waals surface area contributed by atoms with Crippen molar-refractivity contribution in [2.45, 2.75) is 45.8 Å². The summed E-state index contributed by atoms with van der Waals surface area (Å²) in [7, 11) is 0. The van der Waals surface area contributed by atoms with Crippen molar-refractivity contribution in [1.29, 1.82) is 0 Å². The number of likely N-dealkylation sites (tertiary alicyclic amines) is 1. The van der Waals surface area contributed by atoms with E-state index in [0.717, 1.165) is 36.6 Å². The van der Waals surface area contributed by atoms with E-state index in [1.54, 1.807) is 35.4 Å². The average molecular weight is 566 g/mol. The smallest absolute Gasteiger partial charge is 0.410 e. The van der Waals surface area contributed by atoms with Crippen molar-refractivity contribution in [3.8, 4) is 17.2 Å². The minimum absolute atomic E-state index is 0.0448. The van der Waals surface area contributed by atoms with Gasteiger partial charge in [-0.1, -0.05) is 18.2 Å². The van der Waals surface area contributed by atoms with Crippen LogP contribution in [0.25, 0.3) is 0 Å². The maximum absolute atomic E-state index is 13.3. The van der Waals surface area contributed by atoms with Crippen molar-refractivity contribution < 1.29 is 32.9 Å². The van der Waals surface area contributed by atoms with E-state index in [1.807, 2.05) is 45.0 Å². The number of amides is 2. The lowest BCUT2D eigenvalue weighted by Gasteiger charge is -2.34. The largest absolute Gasteiger partial charge is 0.493 e. The van der Waals surface area contributed by atoms with Gasteiger partial charge in [-0.25, -0.2) is 9.18 Å². The lowest BCUT2D eigenvalue weighted by molar-refractivity contribution is 0.0139. The fraction of sp³-hybridized carbons (Fsp3) is 0.387. The first-order valence-corrected chi connectivity index (χ1v) is 13.6. The van der Waals surface area contributed by atoms with Gasteiger partial charge in [-0.15, -0.1) is 0 Å². The molecule has 1 aromatic heterocycles. The zero-order valence-electron chi connectivity index (χ0n) is 23.6. The van der Waals surface area contributed by atoms with Crippen molar-refractivity contribution in [1.82, 2.24) is 15.2 Å². The minimum Gasteiger partial charge on any atom is -0.493 e. The van der Waals surface area contributed by atoms with Crippen LogP contribution < -0.4 is 19.5 Å². The number of benzene rings is 2. The van der Waals surface area contributed by atoms with Crippen LogP contribution in [0.15, 0.2) is 66.9 Å². The molecule has 2 aliphatic heterocycles. The van der Waals surface area contributed by atoms with E-state index in [0.29, 0.717) is 24.8 Å². The molecule has 2 aromatic carbocycles. The molecule has 1 saturated heterocycles. The number of carbonyl (C=O) groups excluding carboxylic acids is 2. The number of aromatic nitrogens is 1. The fourth-order valence-corrected chi connectivity index (χ4v) is 4.29. The zero-order valence-corrected chi connectivity index (χ0v) is 23.6. The standard InChI is InChI=1S/C18H25NO5.C13H11FN2O/c1-18(2,3)24-17(20)19-8-4-5-13(10-19)11-21-14-6-7-15-16(9-14)23-12-22-15;14-12-7-2-1-6-11(12)13(17)16-9-10-5-3-4-8-15-10/h6-7,9,13H,4-5,8,10-12H2,1-3H3;1-8H,9H2,(H,16,17). The second-order valence-corrected chi connectivity index (χ2v) is 10.7. The Morgan fingerprint density at radius 3 is 2.61 bits per heavy atom. The predicted molar refractivity (Wildman–Crippen MR) is 150 cm³/mol. The summed E-state index contributed by atoms with van der Waals surface area (Å²) in [4.78, 5) is 29.7. The van der Waals surface area contributed by atoms with Crippen LogP contribution in [-0.4, -0.2) is 54.0 Å². The van der Waals surface area contributed by atoms with E-state index in [1.165, 1.54) is 12.1 Å². The maximum Gasteiger partial charge on any atom is 0.410 e. The van der Waals surface area contributed by atoms with E-state index in [4.69, 9.17) is 18.9 Å². The third-order valence-electron chi connectivity index (χ3n) is 6.28. The van der Waals surface area contributed by atoms with Crippen molar-refractivity contribution in [2.24, 2.45) is 5.92 Å². The first-order valence-electron chi connectivity index (χ1n) is 13.6. The molecule has 2 amide bonds. The minimum atomic E-state index is -0.522. The fourth-order valence-electron chi connectivity index (χ4n) is 4.29. The molecule has 1 unspecified atom stereocenters. The van der Waals surface area contributed by atoms with Crippen LogP contribution in [0.4, 0.5) is 9.18 Å². The van der Waals surface area contributed by atoms with Crippen LogP contribution in [-0.2, 0) is 11.3 Å². The predicted octanol–water partition coefficient (Wildman–Crippen LogP) is 5.59. The summed E-state index contributed by atoms with van der Waals surface area (Å²) in [5.74, 6) is 1.56. The van der Waals surface area contributed by atoms with Gasteiger partial charge in [0.05, 0.1) is 24.4 Å². The summed E-state index contributed by atoms with van der Waals surface area (Å²) >= 11 is 0. The van der Waals surface area contributed by atoms with E-state index >= 15 is 0 Å². The average Bonchev–Trinajstić information content (AvgIpc) is 3.43. The Balaban J connectivity index is 0.000000201. The molecular weight excluding hydrogens is 529 g/mol. The lowest BCUT2D eigenvalue weighted by Crippen LogP contribution is -2.44. The van der Waals surface area contributed by atoms with Gasteiger partial charge in [-0.3, -0.25) is 9.78 Å². The second kappa shape index (κ2) is 13.8. The van der Waals surface area contributed by atoms with Crippen molar-refractivity contribution in [3.05, 3.63) is 83.9 Å². The highest BCUT2D eigenvalue weighted by atomic mass is 19.1. The summed E-state index contributed by atoms with van der Waals surface area (Å²) in [6.45, 7) is 8.17. The van der Waals surface area contributed by atoms with Crippen LogP contribution in [0, 0.1) is 11.7 Å². The van der Waals surface area contributed by atoms with Crippen LogP contribution in [0.5, 0.6) is 17.2 Å². The molecule has 0 radical (unpaired) electrons. The van der Waals surface area contributed by atoms with Gasteiger partial charge in [0.25, 0.3) is 5.91 Å². The van der Waals surface area contributed by atoms with E-state index in [2.05, 4.69) is 10.3 Å². The number of hydrogen-bond donors (Lipinski definition) is 1. The van der Waals surface area contributed by atoms with Gasteiger partial charge in [0, 0.05) is 31.3 Å². The number of fused-ring (bicyclic) bond motifs is 1. The van der Waals surface area contributed by atoms with Gasteiger partial charge in [0.2, 0.25) is 6.79 Å². The maximum atomic E-state index is 13.3. The lowest BCUT2D eigenvalue weighted by atomic mass is 9.99. The zero-order chi connectivity index (χ0) is 29.2. The van der Waals surface area contributed by atoms with E-state index in [9.17, 15) is 14.0 Å². The number of rotatable bonds is 6. The molecule has 10 heteroatoms. The molecule has 3 heterocycles. The number of pyridine rings is 1. The Morgan fingerprint density at radius 2 is 1.85 bits per heavy atom. The van der Waals surface area contributed by atoms with Gasteiger partial charge in [0.15, 0.2) is 11.5 Å². The molecule has 1 atom stereocenters. The number of ether oxygens (including phenoxy) is 4. The molecular formula is C31H36FN3O6. The Bertz CT molecular complexity index is 1310. The summed E-state index contributed by atoms with van der Waals surface area (Å²) in [6, 6.07) is 16.9. The second-order valence-electron chi connectivity index (χ2n) is 10.7. The molecule has 0 aliphatic carbocycles. The first-order chi connectivity index (χ1) is 19.7. The summed E-state index contributed by atoms with van der Waals surface area (Å²) in [5, 5.41) is 2.61. The summed E-state index contributed by atoms with van der Waals surface area (Å²) in [6.07, 6.45) is 3.42. The molecule has 218 valence electrons. The highest BCUT2D eigenvalue weighted by molar-refractivity contribution is 5.94. The van der Waals surface area contributed by atoms with Gasteiger partial charge >= 0.3 is 6.09 Å². The third-order valence-corrected chi connectivity index (χ3v) is 6.28. The number of nitrogens with one attached hydrogen (secondary N) is 1. The van der Waals surface area contributed by atoms with Crippen molar-refractivity contribution in [3.63, 3.8) is 0 Å². The van der Waals surface area contributed by atoms with Gasteiger partial charge in [0.1, 0.15) is 17.2 Å². The van der Waals surface area contributed by atoms with Gasteiger partial charge in [-0.05, 0) is 70.0 Å². The Labute approximate surface area is 239 Å². The first kappa shape index (κ1) is 29.6. The highest BCUT2D eigenvalue weighted by Crippen LogP contribution is 2.35. The van der Waals surface area contributed by atoms with Crippen LogP contribution in [0.3, 0.4) is 0 Å². The Kier molecular flexibility index (Phi) is 10.00. The molecule has 5 rings (SSSR count). The molecule has 0 saturated carbocycles. The molecule has 3 aromatic rings. The number of nitrogens with zero attached hydrogens (tertiary/aromatic N) is 2. The monoisotopic (exact) mass is 565 g/mol. The van der Waals surface area contributed by atoms with E-state index in [-0.39, 0.29) is 25.0 Å². The van der Waals surface area contributed by atoms with E-state index < -0.39 is 17.3 Å². The van der Waals surface area contributed by atoms with Crippen LogP contribution in [0.1, 0.15) is 49.7 Å². The Morgan fingerprint density at radius 1 is 1.07 bits per heavy atom. The van der Waals surface area contributed by atoms with Crippen molar-refractivity contribution >= 4 is 12.0 Å². The SMILES string of the molecule is CC(C)(C)OC(=O)N1CCCC(COc2ccc3c(c2)OCO3)C1.O=C(NCc1ccccn1)c1ccccc1F. The number of carbonyl (C=O) groups is 2. The van der Waals surface area contributed by atoms with Crippen LogP contribution >= 0.6 is 0 Å². The van der Waals surface area contributed by atoms with Gasteiger partial charge in [-0.2, -0.15) is 0 Å². The molecule has 0 spiro atoms. The van der Waals surface area contributed by atoms with Crippen LogP contribution in [0.2, 0.25) is 0 Å². The molecule has 1 N–H and O–H groups in total. The molecule has 1 fully saturated rings. The third kappa shape index (κ3) is 9.09. The Hall–Kier alpha value is -4.34. The summed E-state index contributed by atoms with van der Waals surface area (Å²) < 4.78 is 35.3. The summed E-state index contributed by atoms with van der Waals surface area (Å²) in [5.41, 5.74) is 0.313. The molecule has 0 bridgehead atoms. The molecule has 9 nitrogen and oxygen atoms in total. The van der Waals surface area contributed by atoms with Crippen molar-refractivity contribution in [2.75, 3.05) is 26.5 Å². The number of halogens is 1. The highest BCUT2D eigenvalue weighted by Gasteiger charge is 2.28. The number of hydrogen-bond acceptors (Lipinski definition) is 7. The molecule has 2 aliphatic rings. The quantitative estimate of drug-likeness (QED) is 0.416. The number of piperidine rings is 1. The molecule has 41 heavy (non-hydrogen) atoms. The normalized spacial score (nSPS) is 15.8. The topological polar surface area (TPSA) is 99.2 Å². The van der Waals surface area contributed by atoms with Gasteiger partial charge < -0.3 is 29.2 Å².